The molecule has 2 aromatic carbocycles. The van der Waals surface area contributed by atoms with Crippen LogP contribution in [0.2, 0.25) is 10.0 Å². The number of benzene rings is 2. The van der Waals surface area contributed by atoms with Gasteiger partial charge in [0.25, 0.3) is 0 Å². The molecule has 0 atom stereocenters. The first-order chi connectivity index (χ1) is 10.5. The number of carbonyl (C=O) groups excluding carboxylic acids is 1. The second-order valence-corrected chi connectivity index (χ2v) is 5.97. The Morgan fingerprint density at radius 3 is 2.50 bits per heavy atom. The van der Waals surface area contributed by atoms with Gasteiger partial charge < -0.3 is 10.6 Å². The van der Waals surface area contributed by atoms with Crippen molar-refractivity contribution >= 4 is 34.8 Å². The van der Waals surface area contributed by atoms with E-state index in [1.54, 1.807) is 6.07 Å². The van der Waals surface area contributed by atoms with E-state index in [1.165, 1.54) is 0 Å². The van der Waals surface area contributed by atoms with Crippen molar-refractivity contribution in [2.75, 3.05) is 11.9 Å². The molecule has 2 aromatic rings. The third kappa shape index (κ3) is 4.39. The van der Waals surface area contributed by atoms with Crippen molar-refractivity contribution in [3.63, 3.8) is 0 Å². The maximum absolute atomic E-state index is 11.9. The van der Waals surface area contributed by atoms with Crippen molar-refractivity contribution in [3.8, 4) is 0 Å². The molecule has 5 heteroatoms. The molecule has 3 nitrogen and oxygen atoms in total. The zero-order valence-corrected chi connectivity index (χ0v) is 14.1. The Morgan fingerprint density at radius 2 is 1.82 bits per heavy atom. The molecule has 0 bridgehead atoms. The molecule has 0 unspecified atom stereocenters. The lowest BCUT2D eigenvalue weighted by Gasteiger charge is -2.13. The Kier molecular flexibility index (Phi) is 5.69. The van der Waals surface area contributed by atoms with E-state index in [9.17, 15) is 4.79 Å². The van der Waals surface area contributed by atoms with Crippen LogP contribution in [0.4, 0.5) is 5.69 Å². The van der Waals surface area contributed by atoms with E-state index in [4.69, 9.17) is 23.2 Å². The quantitative estimate of drug-likeness (QED) is 0.852. The summed E-state index contributed by atoms with van der Waals surface area (Å²) in [5.74, 6) is -0.115. The van der Waals surface area contributed by atoms with E-state index in [2.05, 4.69) is 10.6 Å². The predicted molar refractivity (Wildman–Crippen MR) is 92.7 cm³/mol. The first-order valence-corrected chi connectivity index (χ1v) is 7.73. The fraction of sp³-hybridized carbons (Fsp3) is 0.235. The monoisotopic (exact) mass is 336 g/mol. The number of rotatable bonds is 5. The molecule has 22 heavy (non-hydrogen) atoms. The summed E-state index contributed by atoms with van der Waals surface area (Å²) in [6.45, 7) is 4.51. The Bertz CT molecular complexity index is 663. The van der Waals surface area contributed by atoms with Gasteiger partial charge in [-0.2, -0.15) is 0 Å². The van der Waals surface area contributed by atoms with Crippen molar-refractivity contribution < 1.29 is 4.79 Å². The van der Waals surface area contributed by atoms with Crippen molar-refractivity contribution in [1.82, 2.24) is 5.32 Å². The van der Waals surface area contributed by atoms with Crippen LogP contribution in [0.1, 0.15) is 16.7 Å². The fourth-order valence-corrected chi connectivity index (χ4v) is 2.80. The smallest absolute Gasteiger partial charge is 0.239 e. The fourth-order valence-electron chi connectivity index (χ4n) is 2.21. The average molecular weight is 337 g/mol. The average Bonchev–Trinajstić information content (AvgIpc) is 2.45. The van der Waals surface area contributed by atoms with Crippen LogP contribution >= 0.6 is 23.2 Å². The molecule has 0 aromatic heterocycles. The second kappa shape index (κ2) is 7.52. The lowest BCUT2D eigenvalue weighted by molar-refractivity contribution is -0.119. The van der Waals surface area contributed by atoms with Gasteiger partial charge in [0.2, 0.25) is 5.91 Å². The standard InChI is InChI=1S/C17H18Cl2N2O/c1-11-7-12(2)17(15(19)8-11)21-10-16(22)20-9-13-5-3-4-6-14(13)18/h3-8,21H,9-10H2,1-2H3,(H,20,22). The van der Waals surface area contributed by atoms with Gasteiger partial charge in [0, 0.05) is 11.6 Å². The molecule has 0 fully saturated rings. The Balaban J connectivity index is 1.90. The van der Waals surface area contributed by atoms with Gasteiger partial charge in [-0.05, 0) is 42.7 Å². The van der Waals surface area contributed by atoms with E-state index in [-0.39, 0.29) is 12.5 Å². The summed E-state index contributed by atoms with van der Waals surface area (Å²) < 4.78 is 0. The van der Waals surface area contributed by atoms with Gasteiger partial charge >= 0.3 is 0 Å². The van der Waals surface area contributed by atoms with Crippen LogP contribution in [0.25, 0.3) is 0 Å². The lowest BCUT2D eigenvalue weighted by atomic mass is 10.1. The number of hydrogen-bond donors (Lipinski definition) is 2. The van der Waals surface area contributed by atoms with E-state index >= 15 is 0 Å². The molecular weight excluding hydrogens is 319 g/mol. The molecule has 2 rings (SSSR count). The summed E-state index contributed by atoms with van der Waals surface area (Å²) in [6, 6.07) is 11.3. The van der Waals surface area contributed by atoms with Crippen molar-refractivity contribution in [2.24, 2.45) is 0 Å². The van der Waals surface area contributed by atoms with Crippen LogP contribution in [0.5, 0.6) is 0 Å². The molecule has 0 saturated carbocycles. The van der Waals surface area contributed by atoms with E-state index in [0.717, 1.165) is 22.4 Å². The zero-order chi connectivity index (χ0) is 16.1. The molecule has 0 spiro atoms. The third-order valence-corrected chi connectivity index (χ3v) is 3.96. The SMILES string of the molecule is Cc1cc(C)c(NCC(=O)NCc2ccccc2Cl)c(Cl)c1. The number of carbonyl (C=O) groups is 1. The Morgan fingerprint density at radius 1 is 1.09 bits per heavy atom. The van der Waals surface area contributed by atoms with E-state index in [0.29, 0.717) is 16.6 Å². The lowest BCUT2D eigenvalue weighted by Crippen LogP contribution is -2.29. The maximum Gasteiger partial charge on any atom is 0.239 e. The molecule has 0 radical (unpaired) electrons. The number of hydrogen-bond acceptors (Lipinski definition) is 2. The zero-order valence-electron chi connectivity index (χ0n) is 12.5. The topological polar surface area (TPSA) is 41.1 Å². The van der Waals surface area contributed by atoms with Crippen molar-refractivity contribution in [1.29, 1.82) is 0 Å². The van der Waals surface area contributed by atoms with Gasteiger partial charge in [0.05, 0.1) is 17.3 Å². The van der Waals surface area contributed by atoms with Crippen LogP contribution in [0.15, 0.2) is 36.4 Å². The molecule has 0 heterocycles. The van der Waals surface area contributed by atoms with Crippen LogP contribution in [0, 0.1) is 13.8 Å². The van der Waals surface area contributed by atoms with Gasteiger partial charge in [0.1, 0.15) is 0 Å². The van der Waals surface area contributed by atoms with Gasteiger partial charge in [-0.25, -0.2) is 0 Å². The molecule has 0 aliphatic rings. The molecule has 0 saturated heterocycles. The van der Waals surface area contributed by atoms with Crippen molar-refractivity contribution in [3.05, 3.63) is 63.1 Å². The number of nitrogens with one attached hydrogen (secondary N) is 2. The molecular formula is C17H18Cl2N2O. The van der Waals surface area contributed by atoms with E-state index < -0.39 is 0 Å². The molecule has 0 aliphatic carbocycles. The second-order valence-electron chi connectivity index (χ2n) is 5.16. The maximum atomic E-state index is 11.9. The number of amides is 1. The Labute approximate surface area is 140 Å². The number of aryl methyl sites for hydroxylation is 2. The van der Waals surface area contributed by atoms with Gasteiger partial charge in [0.15, 0.2) is 0 Å². The van der Waals surface area contributed by atoms with Crippen LogP contribution in [-0.4, -0.2) is 12.5 Å². The van der Waals surface area contributed by atoms with Crippen molar-refractivity contribution in [2.45, 2.75) is 20.4 Å². The molecule has 1 amide bonds. The summed E-state index contributed by atoms with van der Waals surface area (Å²) in [5.41, 5.74) is 3.79. The first kappa shape index (κ1) is 16.7. The number of anilines is 1. The summed E-state index contributed by atoms with van der Waals surface area (Å²) in [5, 5.41) is 7.18. The van der Waals surface area contributed by atoms with Gasteiger partial charge in [-0.15, -0.1) is 0 Å². The Hall–Kier alpha value is -1.71. The summed E-state index contributed by atoms with van der Waals surface area (Å²) in [6.07, 6.45) is 0. The third-order valence-electron chi connectivity index (χ3n) is 3.29. The van der Waals surface area contributed by atoms with E-state index in [1.807, 2.05) is 44.2 Å². The normalized spacial score (nSPS) is 10.4. The summed E-state index contributed by atoms with van der Waals surface area (Å²) in [4.78, 5) is 11.9. The van der Waals surface area contributed by atoms with Gasteiger partial charge in [-0.3, -0.25) is 4.79 Å². The summed E-state index contributed by atoms with van der Waals surface area (Å²) in [7, 11) is 0. The minimum absolute atomic E-state index is 0.115. The number of halogens is 2. The minimum Gasteiger partial charge on any atom is -0.375 e. The minimum atomic E-state index is -0.115. The summed E-state index contributed by atoms with van der Waals surface area (Å²) >= 11 is 12.3. The predicted octanol–water partition coefficient (Wildman–Crippen LogP) is 4.34. The largest absolute Gasteiger partial charge is 0.375 e. The highest BCUT2D eigenvalue weighted by molar-refractivity contribution is 6.33. The van der Waals surface area contributed by atoms with Crippen LogP contribution in [0.3, 0.4) is 0 Å². The van der Waals surface area contributed by atoms with Crippen LogP contribution in [-0.2, 0) is 11.3 Å². The highest BCUT2D eigenvalue weighted by atomic mass is 35.5. The van der Waals surface area contributed by atoms with Gasteiger partial charge in [-0.1, -0.05) is 47.5 Å². The highest BCUT2D eigenvalue weighted by Gasteiger charge is 2.08. The molecule has 2 N–H and O–H groups in total. The van der Waals surface area contributed by atoms with Crippen LogP contribution < -0.4 is 10.6 Å². The first-order valence-electron chi connectivity index (χ1n) is 6.98. The molecule has 0 aliphatic heterocycles. The molecule has 116 valence electrons. The highest BCUT2D eigenvalue weighted by Crippen LogP contribution is 2.26.